The minimum absolute atomic E-state index is 0.0310. The quantitative estimate of drug-likeness (QED) is 0.911. The van der Waals surface area contributed by atoms with Gasteiger partial charge in [0.05, 0.1) is 5.69 Å². The number of rotatable bonds is 2. The van der Waals surface area contributed by atoms with E-state index in [-0.39, 0.29) is 5.41 Å². The molecule has 2 saturated heterocycles. The number of hydrogen-bond donors (Lipinski definition) is 1. The monoisotopic (exact) mass is 296 g/mol. The maximum absolute atomic E-state index is 10.3. The lowest BCUT2D eigenvalue weighted by Crippen LogP contribution is -2.69. The van der Waals surface area contributed by atoms with E-state index >= 15 is 0 Å². The maximum atomic E-state index is 10.3. The van der Waals surface area contributed by atoms with Crippen LogP contribution in [0.5, 0.6) is 0 Å². The fourth-order valence-corrected chi connectivity index (χ4v) is 6.12. The van der Waals surface area contributed by atoms with Crippen molar-refractivity contribution in [3.05, 3.63) is 29.8 Å². The Balaban J connectivity index is 1.74. The molecular weight excluding hydrogens is 272 g/mol. The van der Waals surface area contributed by atoms with E-state index in [9.17, 15) is 5.11 Å². The second-order valence-corrected chi connectivity index (χ2v) is 7.60. The van der Waals surface area contributed by atoms with Crippen molar-refractivity contribution in [2.24, 2.45) is 22.7 Å². The van der Waals surface area contributed by atoms with Crippen LogP contribution < -0.4 is 0 Å². The van der Waals surface area contributed by atoms with Crippen molar-refractivity contribution in [1.82, 2.24) is 4.90 Å². The van der Waals surface area contributed by atoms with Gasteiger partial charge >= 0.3 is 0 Å². The van der Waals surface area contributed by atoms with Gasteiger partial charge in [-0.05, 0) is 36.3 Å². The minimum Gasteiger partial charge on any atom is -0.396 e. The molecule has 0 amide bonds. The van der Waals surface area contributed by atoms with Crippen LogP contribution in [0.3, 0.4) is 0 Å². The van der Waals surface area contributed by atoms with Crippen molar-refractivity contribution in [3.8, 4) is 0 Å². The van der Waals surface area contributed by atoms with Gasteiger partial charge in [0.1, 0.15) is 0 Å². The lowest BCUT2D eigenvalue weighted by molar-refractivity contribution is -0.0391. The molecule has 3 nitrogen and oxygen atoms in total. The van der Waals surface area contributed by atoms with Gasteiger partial charge in [0.2, 0.25) is 0 Å². The van der Waals surface area contributed by atoms with Crippen LogP contribution in [0.2, 0.25) is 0 Å². The molecule has 116 valence electrons. The highest BCUT2D eigenvalue weighted by Gasteiger charge is 2.63. The van der Waals surface area contributed by atoms with Crippen molar-refractivity contribution >= 4 is 11.4 Å². The molecule has 1 aromatic carbocycles. The maximum Gasteiger partial charge on any atom is 0.0671 e. The van der Waals surface area contributed by atoms with Gasteiger partial charge in [-0.2, -0.15) is 0 Å². The molecule has 3 aliphatic heterocycles. The van der Waals surface area contributed by atoms with Gasteiger partial charge in [-0.15, -0.1) is 0 Å². The molecule has 5 rings (SSSR count). The Labute approximate surface area is 132 Å². The summed E-state index contributed by atoms with van der Waals surface area (Å²) in [5.74, 6) is 1.75. The third kappa shape index (κ3) is 1.38. The van der Waals surface area contributed by atoms with E-state index < -0.39 is 0 Å². The van der Waals surface area contributed by atoms with Crippen molar-refractivity contribution < 1.29 is 5.11 Å². The Bertz CT molecular complexity index is 655. The molecule has 5 atom stereocenters. The van der Waals surface area contributed by atoms with Crippen molar-refractivity contribution in [2.75, 3.05) is 19.7 Å². The number of aliphatic hydroxyl groups is 1. The van der Waals surface area contributed by atoms with Gasteiger partial charge in [0, 0.05) is 42.8 Å². The minimum atomic E-state index is 0.0310. The summed E-state index contributed by atoms with van der Waals surface area (Å²) < 4.78 is 0. The molecule has 1 aliphatic carbocycles. The van der Waals surface area contributed by atoms with E-state index in [1.165, 1.54) is 36.3 Å². The number of nitrogens with zero attached hydrogens (tertiary/aromatic N) is 2. The topological polar surface area (TPSA) is 35.8 Å². The number of para-hydroxylation sites is 1. The third-order valence-corrected chi connectivity index (χ3v) is 7.07. The number of benzene rings is 1. The molecule has 22 heavy (non-hydrogen) atoms. The van der Waals surface area contributed by atoms with Crippen molar-refractivity contribution in [1.29, 1.82) is 0 Å². The second kappa shape index (κ2) is 4.42. The Hall–Kier alpha value is -1.19. The zero-order valence-corrected chi connectivity index (χ0v) is 13.2. The van der Waals surface area contributed by atoms with Crippen LogP contribution >= 0.6 is 0 Å². The summed E-state index contributed by atoms with van der Waals surface area (Å²) in [5.41, 5.74) is 3.97. The van der Waals surface area contributed by atoms with Crippen LogP contribution in [0, 0.1) is 17.8 Å². The molecular formula is C19H24N2O. The fourth-order valence-electron chi connectivity index (χ4n) is 6.12. The van der Waals surface area contributed by atoms with Gasteiger partial charge in [-0.3, -0.25) is 9.89 Å². The summed E-state index contributed by atoms with van der Waals surface area (Å²) in [5, 5.41) is 10.3. The van der Waals surface area contributed by atoms with E-state index in [1.807, 2.05) is 0 Å². The second-order valence-electron chi connectivity index (χ2n) is 7.60. The smallest absolute Gasteiger partial charge is 0.0671 e. The van der Waals surface area contributed by atoms with Crippen LogP contribution in [0.25, 0.3) is 0 Å². The Morgan fingerprint density at radius 2 is 2.23 bits per heavy atom. The Morgan fingerprint density at radius 1 is 1.36 bits per heavy atom. The normalized spacial score (nSPS) is 42.0. The Kier molecular flexibility index (Phi) is 2.67. The highest BCUT2D eigenvalue weighted by Crippen LogP contribution is 2.60. The molecule has 3 heteroatoms. The first-order chi connectivity index (χ1) is 10.8. The average Bonchev–Trinajstić information content (AvgIpc) is 2.90. The predicted molar refractivity (Wildman–Crippen MR) is 87.7 cm³/mol. The number of aliphatic hydroxyl groups excluding tert-OH is 1. The van der Waals surface area contributed by atoms with Gasteiger partial charge in [0.25, 0.3) is 0 Å². The molecule has 1 unspecified atom stereocenters. The predicted octanol–water partition coefficient (Wildman–Crippen LogP) is 2.75. The molecule has 1 saturated carbocycles. The van der Waals surface area contributed by atoms with Crippen molar-refractivity contribution in [2.45, 2.75) is 37.6 Å². The van der Waals surface area contributed by atoms with Gasteiger partial charge in [0.15, 0.2) is 0 Å². The first-order valence-corrected chi connectivity index (χ1v) is 8.83. The molecule has 1 N–H and O–H groups in total. The summed E-state index contributed by atoms with van der Waals surface area (Å²) in [6, 6.07) is 9.20. The number of hydrogen-bond acceptors (Lipinski definition) is 3. The first-order valence-electron chi connectivity index (χ1n) is 8.83. The molecule has 0 aromatic heterocycles. The average molecular weight is 296 g/mol. The third-order valence-electron chi connectivity index (χ3n) is 7.07. The molecule has 0 spiro atoms. The fraction of sp³-hybridized carbons (Fsp3) is 0.632. The molecule has 3 bridgehead atoms. The molecule has 0 radical (unpaired) electrons. The summed E-state index contributed by atoms with van der Waals surface area (Å²) in [6.07, 6.45) is 3.57. The molecule has 1 aromatic rings. The zero-order chi connectivity index (χ0) is 14.9. The Morgan fingerprint density at radius 3 is 3.05 bits per heavy atom. The number of piperidine rings is 2. The zero-order valence-electron chi connectivity index (χ0n) is 13.2. The van der Waals surface area contributed by atoms with Gasteiger partial charge in [-0.1, -0.05) is 31.5 Å². The van der Waals surface area contributed by atoms with Crippen LogP contribution in [0.1, 0.15) is 31.7 Å². The number of aliphatic imine (C=N–C) groups is 1. The van der Waals surface area contributed by atoms with Gasteiger partial charge in [-0.25, -0.2) is 0 Å². The highest BCUT2D eigenvalue weighted by atomic mass is 16.3. The van der Waals surface area contributed by atoms with Crippen molar-refractivity contribution in [3.63, 3.8) is 0 Å². The van der Waals surface area contributed by atoms with Crippen LogP contribution in [-0.4, -0.2) is 41.5 Å². The van der Waals surface area contributed by atoms with Crippen LogP contribution in [0.4, 0.5) is 5.69 Å². The van der Waals surface area contributed by atoms with Crippen LogP contribution in [0.15, 0.2) is 29.3 Å². The summed E-state index contributed by atoms with van der Waals surface area (Å²) in [4.78, 5) is 7.76. The number of fused-ring (bicyclic) bond motifs is 2. The van der Waals surface area contributed by atoms with E-state index in [1.54, 1.807) is 0 Å². The SMILES string of the molecule is CC[C@@H]1CN2CC[C@]34C(=Nc5ccccc53)C2C[C@@H]1[C@@H]4CO. The summed E-state index contributed by atoms with van der Waals surface area (Å²) in [7, 11) is 0. The van der Waals surface area contributed by atoms with E-state index in [0.717, 1.165) is 18.9 Å². The largest absolute Gasteiger partial charge is 0.396 e. The summed E-state index contributed by atoms with van der Waals surface area (Å²) >= 11 is 0. The van der Waals surface area contributed by atoms with E-state index in [4.69, 9.17) is 4.99 Å². The standard InChI is InChI=1S/C19H24N2O/c1-2-12-10-21-8-7-19-14-5-3-4-6-16(14)20-18(19)17(21)9-13(12)15(19)11-22/h3-6,12-13,15,17,22H,2,7-11H2,1H3/t12-,13+,15+,17?,19+/m1/s1. The molecule has 4 aliphatic rings. The van der Waals surface area contributed by atoms with Crippen LogP contribution in [-0.2, 0) is 5.41 Å². The lowest BCUT2D eigenvalue weighted by Gasteiger charge is -2.61. The van der Waals surface area contributed by atoms with Gasteiger partial charge < -0.3 is 5.11 Å². The lowest BCUT2D eigenvalue weighted by atomic mass is 9.50. The van der Waals surface area contributed by atoms with E-state index in [0.29, 0.717) is 24.5 Å². The molecule has 3 heterocycles. The van der Waals surface area contributed by atoms with E-state index in [2.05, 4.69) is 36.1 Å². The highest BCUT2D eigenvalue weighted by molar-refractivity contribution is 6.07. The summed E-state index contributed by atoms with van der Waals surface area (Å²) in [6.45, 7) is 4.99. The first kappa shape index (κ1) is 13.3. The molecule has 3 fully saturated rings.